The number of halogens is 2. The first-order chi connectivity index (χ1) is 9.15. The predicted octanol–water partition coefficient (Wildman–Crippen LogP) is 3.97. The van der Waals surface area contributed by atoms with E-state index >= 15 is 0 Å². The number of nitrogens with two attached hydrogens (primary N) is 1. The second-order valence-electron chi connectivity index (χ2n) is 5.03. The van der Waals surface area contributed by atoms with Gasteiger partial charge in [-0.05, 0) is 76.2 Å². The maximum atomic E-state index is 13.1. The minimum Gasteiger partial charge on any atom is -0.320 e. The summed E-state index contributed by atoms with van der Waals surface area (Å²) in [5.41, 5.74) is 11.3. The van der Waals surface area contributed by atoms with Gasteiger partial charge in [-0.1, -0.05) is 24.3 Å². The van der Waals surface area contributed by atoms with Gasteiger partial charge in [0, 0.05) is 3.57 Å². The Morgan fingerprint density at radius 3 is 2.63 bits per heavy atom. The Bertz CT molecular complexity index is 624. The fraction of sp³-hybridized carbons (Fsp3) is 0.250. The van der Waals surface area contributed by atoms with Crippen LogP contribution in [0.25, 0.3) is 0 Å². The third-order valence-corrected chi connectivity index (χ3v) is 4.71. The number of fused-ring (bicyclic) bond motifs is 1. The molecule has 2 aromatic rings. The van der Waals surface area contributed by atoms with Crippen molar-refractivity contribution in [3.05, 3.63) is 68.0 Å². The van der Waals surface area contributed by atoms with Crippen LogP contribution in [0.15, 0.2) is 36.4 Å². The van der Waals surface area contributed by atoms with Crippen LogP contribution in [-0.2, 0) is 12.8 Å². The SMILES string of the molecule is NC(c1ccc2c(c1)CCC2)c1ccc(F)cc1I. The normalized spacial score (nSPS) is 15.3. The van der Waals surface area contributed by atoms with Crippen LogP contribution >= 0.6 is 22.6 Å². The summed E-state index contributed by atoms with van der Waals surface area (Å²) in [6.07, 6.45) is 3.57. The van der Waals surface area contributed by atoms with Crippen molar-refractivity contribution in [3.8, 4) is 0 Å². The van der Waals surface area contributed by atoms with Crippen LogP contribution in [0, 0.1) is 9.39 Å². The Balaban J connectivity index is 1.97. The minimum absolute atomic E-state index is 0.182. The largest absolute Gasteiger partial charge is 0.320 e. The molecule has 1 unspecified atom stereocenters. The van der Waals surface area contributed by atoms with Gasteiger partial charge < -0.3 is 5.73 Å². The predicted molar refractivity (Wildman–Crippen MR) is 83.6 cm³/mol. The Morgan fingerprint density at radius 2 is 1.84 bits per heavy atom. The molecule has 0 amide bonds. The smallest absolute Gasteiger partial charge is 0.124 e. The summed E-state index contributed by atoms with van der Waals surface area (Å²) in [5.74, 6) is -0.214. The highest BCUT2D eigenvalue weighted by Crippen LogP contribution is 2.29. The molecule has 1 aliphatic carbocycles. The van der Waals surface area contributed by atoms with Crippen molar-refractivity contribution in [1.82, 2.24) is 0 Å². The zero-order valence-corrected chi connectivity index (χ0v) is 12.7. The monoisotopic (exact) mass is 367 g/mol. The van der Waals surface area contributed by atoms with E-state index in [4.69, 9.17) is 5.73 Å². The molecule has 0 aliphatic heterocycles. The van der Waals surface area contributed by atoms with Crippen LogP contribution in [0.1, 0.15) is 34.7 Å². The van der Waals surface area contributed by atoms with Gasteiger partial charge in [0.25, 0.3) is 0 Å². The van der Waals surface area contributed by atoms with Crippen molar-refractivity contribution in [2.45, 2.75) is 25.3 Å². The molecular weight excluding hydrogens is 352 g/mol. The zero-order chi connectivity index (χ0) is 13.4. The molecule has 0 radical (unpaired) electrons. The molecule has 0 saturated carbocycles. The minimum atomic E-state index is -0.214. The van der Waals surface area contributed by atoms with E-state index in [1.165, 1.54) is 36.1 Å². The molecule has 1 aliphatic rings. The quantitative estimate of drug-likeness (QED) is 0.799. The molecule has 98 valence electrons. The van der Waals surface area contributed by atoms with E-state index in [2.05, 4.69) is 40.8 Å². The summed E-state index contributed by atoms with van der Waals surface area (Å²) < 4.78 is 14.0. The summed E-state index contributed by atoms with van der Waals surface area (Å²) in [6, 6.07) is 11.1. The lowest BCUT2D eigenvalue weighted by molar-refractivity contribution is 0.625. The highest BCUT2D eigenvalue weighted by molar-refractivity contribution is 14.1. The molecule has 0 bridgehead atoms. The van der Waals surface area contributed by atoms with Gasteiger partial charge in [-0.25, -0.2) is 4.39 Å². The summed E-state index contributed by atoms with van der Waals surface area (Å²) in [4.78, 5) is 0. The lowest BCUT2D eigenvalue weighted by Gasteiger charge is -2.15. The Morgan fingerprint density at radius 1 is 1.05 bits per heavy atom. The molecule has 0 spiro atoms. The second-order valence-corrected chi connectivity index (χ2v) is 6.19. The van der Waals surface area contributed by atoms with E-state index < -0.39 is 0 Å². The lowest BCUT2D eigenvalue weighted by atomic mass is 9.96. The molecule has 0 fully saturated rings. The van der Waals surface area contributed by atoms with Crippen molar-refractivity contribution in [3.63, 3.8) is 0 Å². The molecule has 2 aromatic carbocycles. The number of aryl methyl sites for hydroxylation is 2. The van der Waals surface area contributed by atoms with Crippen LogP contribution in [0.3, 0.4) is 0 Å². The van der Waals surface area contributed by atoms with Gasteiger partial charge in [0.15, 0.2) is 0 Å². The maximum absolute atomic E-state index is 13.1. The average Bonchev–Trinajstić information content (AvgIpc) is 2.85. The van der Waals surface area contributed by atoms with Gasteiger partial charge in [-0.3, -0.25) is 0 Å². The number of benzene rings is 2. The van der Waals surface area contributed by atoms with Crippen LogP contribution < -0.4 is 5.73 Å². The van der Waals surface area contributed by atoms with Crippen molar-refractivity contribution < 1.29 is 4.39 Å². The molecule has 0 heterocycles. The molecular formula is C16H15FIN. The molecule has 3 rings (SSSR count). The third kappa shape index (κ3) is 2.54. The molecule has 3 heteroatoms. The summed E-state index contributed by atoms with van der Waals surface area (Å²) in [6.45, 7) is 0. The molecule has 19 heavy (non-hydrogen) atoms. The Hall–Kier alpha value is -0.940. The van der Waals surface area contributed by atoms with Crippen LogP contribution in [-0.4, -0.2) is 0 Å². The highest BCUT2D eigenvalue weighted by Gasteiger charge is 2.16. The van der Waals surface area contributed by atoms with Crippen molar-refractivity contribution >= 4 is 22.6 Å². The van der Waals surface area contributed by atoms with Gasteiger partial charge in [0.2, 0.25) is 0 Å². The first kappa shape index (κ1) is 13.1. The first-order valence-electron chi connectivity index (χ1n) is 6.47. The number of rotatable bonds is 2. The second kappa shape index (κ2) is 5.21. The molecule has 1 atom stereocenters. The van der Waals surface area contributed by atoms with Gasteiger partial charge in [-0.15, -0.1) is 0 Å². The Labute approximate surface area is 126 Å². The van der Waals surface area contributed by atoms with Crippen molar-refractivity contribution in [1.29, 1.82) is 0 Å². The topological polar surface area (TPSA) is 26.0 Å². The third-order valence-electron chi connectivity index (χ3n) is 3.78. The van der Waals surface area contributed by atoms with E-state index in [0.717, 1.165) is 21.1 Å². The molecule has 2 N–H and O–H groups in total. The molecule has 0 aromatic heterocycles. The summed E-state index contributed by atoms with van der Waals surface area (Å²) >= 11 is 2.15. The summed E-state index contributed by atoms with van der Waals surface area (Å²) in [7, 11) is 0. The van der Waals surface area contributed by atoms with Crippen molar-refractivity contribution in [2.75, 3.05) is 0 Å². The Kier molecular flexibility index (Phi) is 3.58. The molecule has 0 saturated heterocycles. The number of hydrogen-bond acceptors (Lipinski definition) is 1. The van der Waals surface area contributed by atoms with E-state index in [-0.39, 0.29) is 11.9 Å². The lowest BCUT2D eigenvalue weighted by Crippen LogP contribution is -2.13. The van der Waals surface area contributed by atoms with E-state index in [1.807, 2.05) is 0 Å². The van der Waals surface area contributed by atoms with E-state index in [0.29, 0.717) is 0 Å². The van der Waals surface area contributed by atoms with Crippen LogP contribution in [0.5, 0.6) is 0 Å². The van der Waals surface area contributed by atoms with Crippen LogP contribution in [0.2, 0.25) is 0 Å². The maximum Gasteiger partial charge on any atom is 0.124 e. The van der Waals surface area contributed by atoms with Gasteiger partial charge in [0.1, 0.15) is 5.82 Å². The molecule has 1 nitrogen and oxygen atoms in total. The van der Waals surface area contributed by atoms with E-state index in [1.54, 1.807) is 6.07 Å². The zero-order valence-electron chi connectivity index (χ0n) is 10.5. The average molecular weight is 367 g/mol. The standard InChI is InChI=1S/C16H15FIN/c17-13-6-7-14(15(18)9-13)16(19)12-5-4-10-2-1-3-11(10)8-12/h4-9,16H,1-3,19H2. The van der Waals surface area contributed by atoms with E-state index in [9.17, 15) is 4.39 Å². The first-order valence-corrected chi connectivity index (χ1v) is 7.55. The van der Waals surface area contributed by atoms with Crippen LogP contribution in [0.4, 0.5) is 4.39 Å². The fourth-order valence-electron chi connectivity index (χ4n) is 2.72. The van der Waals surface area contributed by atoms with Gasteiger partial charge in [0.05, 0.1) is 6.04 Å². The summed E-state index contributed by atoms with van der Waals surface area (Å²) in [5, 5.41) is 0. The number of hydrogen-bond donors (Lipinski definition) is 1. The fourth-order valence-corrected chi connectivity index (χ4v) is 3.53. The van der Waals surface area contributed by atoms with Gasteiger partial charge >= 0.3 is 0 Å². The van der Waals surface area contributed by atoms with Gasteiger partial charge in [-0.2, -0.15) is 0 Å². The van der Waals surface area contributed by atoms with Crippen molar-refractivity contribution in [2.24, 2.45) is 5.73 Å². The highest BCUT2D eigenvalue weighted by atomic mass is 127.